The molecule has 4 heteroatoms. The summed E-state index contributed by atoms with van der Waals surface area (Å²) in [5.41, 5.74) is 10.2. The number of benzene rings is 2. The van der Waals surface area contributed by atoms with Crippen LogP contribution in [0, 0.1) is 19.7 Å². The second-order valence-corrected chi connectivity index (χ2v) is 6.41. The van der Waals surface area contributed by atoms with Crippen molar-refractivity contribution in [2.45, 2.75) is 19.9 Å². The van der Waals surface area contributed by atoms with Crippen LogP contribution in [0.4, 0.5) is 4.39 Å². The number of hydrogen-bond donors (Lipinski definition) is 1. The molecular weight excluding hydrogens is 373 g/mol. The Labute approximate surface area is 129 Å². The van der Waals surface area contributed by atoms with Crippen molar-refractivity contribution in [2.24, 2.45) is 5.73 Å². The molecule has 0 amide bonds. The van der Waals surface area contributed by atoms with Gasteiger partial charge in [-0.25, -0.2) is 4.39 Å². The van der Waals surface area contributed by atoms with Crippen LogP contribution in [0.25, 0.3) is 0 Å². The number of nitrogens with two attached hydrogens (primary N) is 1. The number of rotatable bonds is 2. The summed E-state index contributed by atoms with van der Waals surface area (Å²) in [7, 11) is 0. The second kappa shape index (κ2) is 5.73. The molecule has 100 valence electrons. The fourth-order valence-electron chi connectivity index (χ4n) is 2.07. The van der Waals surface area contributed by atoms with Crippen LogP contribution in [0.1, 0.15) is 28.3 Å². The van der Waals surface area contributed by atoms with Crippen LogP contribution in [-0.4, -0.2) is 0 Å². The van der Waals surface area contributed by atoms with Crippen LogP contribution in [0.2, 0.25) is 0 Å². The first-order valence-electron chi connectivity index (χ1n) is 5.86. The van der Waals surface area contributed by atoms with Crippen LogP contribution >= 0.6 is 31.9 Å². The van der Waals surface area contributed by atoms with Gasteiger partial charge in [-0.2, -0.15) is 0 Å². The quantitative estimate of drug-likeness (QED) is 0.770. The van der Waals surface area contributed by atoms with E-state index in [4.69, 9.17) is 5.73 Å². The van der Waals surface area contributed by atoms with E-state index in [1.807, 2.05) is 32.0 Å². The molecule has 0 saturated carbocycles. The molecule has 0 saturated heterocycles. The summed E-state index contributed by atoms with van der Waals surface area (Å²) in [4.78, 5) is 0. The molecule has 2 aromatic carbocycles. The molecule has 0 radical (unpaired) electrons. The summed E-state index contributed by atoms with van der Waals surface area (Å²) >= 11 is 6.80. The van der Waals surface area contributed by atoms with Crippen LogP contribution < -0.4 is 5.73 Å². The van der Waals surface area contributed by atoms with Crippen LogP contribution in [-0.2, 0) is 0 Å². The van der Waals surface area contributed by atoms with E-state index in [-0.39, 0.29) is 11.9 Å². The van der Waals surface area contributed by atoms with Gasteiger partial charge in [-0.15, -0.1) is 0 Å². The molecule has 1 atom stereocenters. The molecule has 2 rings (SSSR count). The third-order valence-electron chi connectivity index (χ3n) is 3.13. The summed E-state index contributed by atoms with van der Waals surface area (Å²) in [5.74, 6) is -0.286. The number of halogens is 3. The Bertz CT molecular complexity index is 606. The van der Waals surface area contributed by atoms with Gasteiger partial charge < -0.3 is 5.73 Å². The molecule has 0 bridgehead atoms. The van der Waals surface area contributed by atoms with Crippen molar-refractivity contribution in [3.05, 3.63) is 67.3 Å². The van der Waals surface area contributed by atoms with Gasteiger partial charge in [-0.3, -0.25) is 0 Å². The lowest BCUT2D eigenvalue weighted by Gasteiger charge is -2.17. The Balaban J connectivity index is 2.49. The standard InChI is InChI=1S/C15H14Br2FN/c1-8-4-14(17)9(2)3-13(8)15(19)10-5-11(16)7-12(18)6-10/h3-7,15H,19H2,1-2H3. The third-order valence-corrected chi connectivity index (χ3v) is 4.44. The molecule has 0 aliphatic rings. The monoisotopic (exact) mass is 385 g/mol. The summed E-state index contributed by atoms with van der Waals surface area (Å²) in [6.07, 6.45) is 0. The highest BCUT2D eigenvalue weighted by Gasteiger charge is 2.14. The Morgan fingerprint density at radius 1 is 1.00 bits per heavy atom. The van der Waals surface area contributed by atoms with Gasteiger partial charge in [0.2, 0.25) is 0 Å². The summed E-state index contributed by atoms with van der Waals surface area (Å²) in [6.45, 7) is 4.02. The van der Waals surface area contributed by atoms with Gasteiger partial charge in [-0.1, -0.05) is 37.9 Å². The number of hydrogen-bond acceptors (Lipinski definition) is 1. The largest absolute Gasteiger partial charge is 0.320 e. The van der Waals surface area contributed by atoms with Crippen LogP contribution in [0.3, 0.4) is 0 Å². The second-order valence-electron chi connectivity index (χ2n) is 4.64. The lowest BCUT2D eigenvalue weighted by atomic mass is 9.94. The average molecular weight is 387 g/mol. The van der Waals surface area contributed by atoms with E-state index in [9.17, 15) is 4.39 Å². The minimum Gasteiger partial charge on any atom is -0.320 e. The van der Waals surface area contributed by atoms with E-state index in [2.05, 4.69) is 31.9 Å². The normalized spacial score (nSPS) is 12.5. The molecule has 1 nitrogen and oxygen atoms in total. The molecule has 2 aromatic rings. The van der Waals surface area contributed by atoms with Crippen LogP contribution in [0.15, 0.2) is 39.3 Å². The fourth-order valence-corrected chi connectivity index (χ4v) is 3.01. The van der Waals surface area contributed by atoms with Gasteiger partial charge in [0.25, 0.3) is 0 Å². The van der Waals surface area contributed by atoms with E-state index in [0.29, 0.717) is 4.47 Å². The van der Waals surface area contributed by atoms with Crippen molar-refractivity contribution in [3.63, 3.8) is 0 Å². The van der Waals surface area contributed by atoms with E-state index in [0.717, 1.165) is 26.7 Å². The average Bonchev–Trinajstić information content (AvgIpc) is 2.31. The SMILES string of the molecule is Cc1cc(C(N)c2cc(F)cc(Br)c2)c(C)cc1Br. The van der Waals surface area contributed by atoms with Crippen molar-refractivity contribution >= 4 is 31.9 Å². The molecule has 0 aliphatic carbocycles. The maximum Gasteiger partial charge on any atom is 0.124 e. The smallest absolute Gasteiger partial charge is 0.124 e. The molecule has 0 aliphatic heterocycles. The molecular formula is C15H14Br2FN. The Morgan fingerprint density at radius 3 is 2.32 bits per heavy atom. The highest BCUT2D eigenvalue weighted by Crippen LogP contribution is 2.29. The van der Waals surface area contributed by atoms with E-state index >= 15 is 0 Å². The minimum atomic E-state index is -0.334. The van der Waals surface area contributed by atoms with Crippen molar-refractivity contribution in [1.29, 1.82) is 0 Å². The molecule has 0 spiro atoms. The molecule has 0 fully saturated rings. The highest BCUT2D eigenvalue weighted by atomic mass is 79.9. The number of aryl methyl sites for hydroxylation is 2. The van der Waals surface area contributed by atoms with Crippen molar-refractivity contribution < 1.29 is 4.39 Å². The third kappa shape index (κ3) is 3.25. The van der Waals surface area contributed by atoms with E-state index in [1.165, 1.54) is 12.1 Å². The predicted molar refractivity (Wildman–Crippen MR) is 83.7 cm³/mol. The first-order valence-corrected chi connectivity index (χ1v) is 7.45. The maximum atomic E-state index is 13.5. The van der Waals surface area contributed by atoms with Gasteiger partial charge >= 0.3 is 0 Å². The predicted octanol–water partition coefficient (Wildman–Crippen LogP) is 5.02. The lowest BCUT2D eigenvalue weighted by molar-refractivity contribution is 0.622. The lowest BCUT2D eigenvalue weighted by Crippen LogP contribution is -2.14. The molecule has 0 heterocycles. The first-order chi connectivity index (χ1) is 8.88. The van der Waals surface area contributed by atoms with Gasteiger partial charge in [0.15, 0.2) is 0 Å². The summed E-state index contributed by atoms with van der Waals surface area (Å²) in [6, 6.07) is 8.51. The topological polar surface area (TPSA) is 26.0 Å². The fraction of sp³-hybridized carbons (Fsp3) is 0.200. The minimum absolute atomic E-state index is 0.286. The van der Waals surface area contributed by atoms with Gasteiger partial charge in [0.1, 0.15) is 5.82 Å². The van der Waals surface area contributed by atoms with Gasteiger partial charge in [-0.05, 0) is 60.4 Å². The Hall–Kier alpha value is -0.710. The highest BCUT2D eigenvalue weighted by molar-refractivity contribution is 9.10. The van der Waals surface area contributed by atoms with Crippen molar-refractivity contribution in [3.8, 4) is 0 Å². The Morgan fingerprint density at radius 2 is 1.68 bits per heavy atom. The molecule has 2 N–H and O–H groups in total. The zero-order valence-corrected chi connectivity index (χ0v) is 13.8. The van der Waals surface area contributed by atoms with Crippen molar-refractivity contribution in [2.75, 3.05) is 0 Å². The molecule has 1 unspecified atom stereocenters. The maximum absolute atomic E-state index is 13.5. The van der Waals surface area contributed by atoms with Gasteiger partial charge in [0, 0.05) is 8.95 Å². The Kier molecular flexibility index (Phi) is 4.43. The zero-order chi connectivity index (χ0) is 14.2. The van der Waals surface area contributed by atoms with Crippen molar-refractivity contribution in [1.82, 2.24) is 0 Å². The van der Waals surface area contributed by atoms with Crippen LogP contribution in [0.5, 0.6) is 0 Å². The summed E-state index contributed by atoms with van der Waals surface area (Å²) in [5, 5.41) is 0. The summed E-state index contributed by atoms with van der Waals surface area (Å²) < 4.78 is 15.2. The first kappa shape index (κ1) is 14.7. The van der Waals surface area contributed by atoms with E-state index in [1.54, 1.807) is 0 Å². The van der Waals surface area contributed by atoms with E-state index < -0.39 is 0 Å². The molecule has 19 heavy (non-hydrogen) atoms. The molecule has 0 aromatic heterocycles. The zero-order valence-electron chi connectivity index (χ0n) is 10.7. The van der Waals surface area contributed by atoms with Gasteiger partial charge in [0.05, 0.1) is 6.04 Å².